The van der Waals surface area contributed by atoms with E-state index < -0.39 is 5.69 Å². The summed E-state index contributed by atoms with van der Waals surface area (Å²) in [6.45, 7) is 7.24. The lowest BCUT2D eigenvalue weighted by Gasteiger charge is -2.32. The first-order valence-electron chi connectivity index (χ1n) is 10.8. The highest BCUT2D eigenvalue weighted by atomic mass is 16.2. The molecular formula is C22H28N6O3. The first-order chi connectivity index (χ1) is 14.8. The lowest BCUT2D eigenvalue weighted by atomic mass is 10.0. The van der Waals surface area contributed by atoms with Crippen molar-refractivity contribution < 1.29 is 9.59 Å². The number of carbonyl (C=O) groups excluding carboxylic acids is 2. The Hall–Kier alpha value is -3.10. The number of fused-ring (bicyclic) bond motifs is 1. The third-order valence-corrected chi connectivity index (χ3v) is 5.86. The molecule has 0 radical (unpaired) electrons. The molecule has 1 saturated heterocycles. The first-order valence-corrected chi connectivity index (χ1v) is 10.8. The third-order valence-electron chi connectivity index (χ3n) is 5.86. The Morgan fingerprint density at radius 1 is 1.23 bits per heavy atom. The molecule has 0 saturated carbocycles. The molecule has 9 heteroatoms. The van der Waals surface area contributed by atoms with Crippen LogP contribution in [0.4, 0.5) is 5.82 Å². The van der Waals surface area contributed by atoms with E-state index in [0.717, 1.165) is 24.1 Å². The lowest BCUT2D eigenvalue weighted by Crippen LogP contribution is -2.40. The molecule has 1 fully saturated rings. The van der Waals surface area contributed by atoms with E-state index in [1.165, 1.54) is 10.8 Å². The minimum absolute atomic E-state index is 0.0644. The monoisotopic (exact) mass is 424 g/mol. The Balaban J connectivity index is 1.64. The van der Waals surface area contributed by atoms with Crippen molar-refractivity contribution in [3.8, 4) is 0 Å². The number of hydrogen-bond donors (Lipinski definition) is 0. The van der Waals surface area contributed by atoms with Gasteiger partial charge in [0.2, 0.25) is 11.8 Å². The Bertz CT molecular complexity index is 1060. The van der Waals surface area contributed by atoms with E-state index in [-0.39, 0.29) is 24.4 Å². The summed E-state index contributed by atoms with van der Waals surface area (Å²) in [5.74, 6) is 1.50. The fourth-order valence-corrected chi connectivity index (χ4v) is 4.38. The normalized spacial score (nSPS) is 18.6. The quantitative estimate of drug-likeness (QED) is 0.723. The molecular weight excluding hydrogens is 396 g/mol. The summed E-state index contributed by atoms with van der Waals surface area (Å²) in [6.07, 6.45) is 5.68. The molecule has 2 aliphatic rings. The Morgan fingerprint density at radius 2 is 2.03 bits per heavy atom. The van der Waals surface area contributed by atoms with Crippen LogP contribution in [0, 0.1) is 12.8 Å². The van der Waals surface area contributed by atoms with Gasteiger partial charge in [0.25, 0.3) is 0 Å². The molecule has 0 bridgehead atoms. The van der Waals surface area contributed by atoms with Gasteiger partial charge in [-0.25, -0.2) is 19.7 Å². The minimum atomic E-state index is -0.449. The molecule has 0 unspecified atom stereocenters. The molecule has 0 aromatic carbocycles. The maximum atomic E-state index is 13.0. The van der Waals surface area contributed by atoms with Gasteiger partial charge in [0, 0.05) is 43.2 Å². The van der Waals surface area contributed by atoms with Gasteiger partial charge in [-0.3, -0.25) is 19.1 Å². The predicted octanol–water partition coefficient (Wildman–Crippen LogP) is 1.64. The number of rotatable bonds is 5. The Morgan fingerprint density at radius 3 is 2.77 bits per heavy atom. The molecule has 0 N–H and O–H groups in total. The number of likely N-dealkylation sites (tertiary alicyclic amines) is 1. The van der Waals surface area contributed by atoms with Crippen LogP contribution in [0.1, 0.15) is 56.2 Å². The largest absolute Gasteiger partial charge is 0.347 e. The average molecular weight is 425 g/mol. The van der Waals surface area contributed by atoms with Gasteiger partial charge in [-0.2, -0.15) is 0 Å². The van der Waals surface area contributed by atoms with Crippen molar-refractivity contribution in [2.24, 2.45) is 5.92 Å². The molecule has 2 amide bonds. The van der Waals surface area contributed by atoms with Crippen LogP contribution in [-0.2, 0) is 22.6 Å². The average Bonchev–Trinajstić information content (AvgIpc) is 3.21. The molecule has 2 aromatic rings. The SMILES string of the molecule is Cc1nc([C@@H]2CCCN2C(=O)Cn2cccnc2=O)nc2c1CCC(=O)N2CC(C)C. The van der Waals surface area contributed by atoms with Crippen LogP contribution in [0.3, 0.4) is 0 Å². The second-order valence-electron chi connectivity index (χ2n) is 8.64. The van der Waals surface area contributed by atoms with Crippen LogP contribution in [0.5, 0.6) is 0 Å². The lowest BCUT2D eigenvalue weighted by molar-refractivity contribution is -0.133. The zero-order valence-corrected chi connectivity index (χ0v) is 18.2. The van der Waals surface area contributed by atoms with Gasteiger partial charge >= 0.3 is 5.69 Å². The van der Waals surface area contributed by atoms with Crippen LogP contribution < -0.4 is 10.6 Å². The van der Waals surface area contributed by atoms with Gasteiger partial charge in [0.05, 0.1) is 6.04 Å². The van der Waals surface area contributed by atoms with Crippen molar-refractivity contribution in [2.75, 3.05) is 18.0 Å². The van der Waals surface area contributed by atoms with Crippen LogP contribution in [0.15, 0.2) is 23.3 Å². The summed E-state index contributed by atoms with van der Waals surface area (Å²) in [7, 11) is 0. The molecule has 31 heavy (non-hydrogen) atoms. The van der Waals surface area contributed by atoms with Crippen molar-refractivity contribution >= 4 is 17.6 Å². The molecule has 0 spiro atoms. The number of amides is 2. The van der Waals surface area contributed by atoms with Gasteiger partial charge in [0.1, 0.15) is 12.4 Å². The number of nitrogens with zero attached hydrogens (tertiary/aromatic N) is 6. The molecule has 2 aromatic heterocycles. The highest BCUT2D eigenvalue weighted by Gasteiger charge is 2.35. The maximum Gasteiger partial charge on any atom is 0.347 e. The summed E-state index contributed by atoms with van der Waals surface area (Å²) in [5.41, 5.74) is 1.43. The number of aromatic nitrogens is 4. The number of hydrogen-bond acceptors (Lipinski definition) is 6. The zero-order chi connectivity index (χ0) is 22.1. The van der Waals surface area contributed by atoms with E-state index in [1.807, 2.05) is 6.92 Å². The molecule has 0 aliphatic carbocycles. The van der Waals surface area contributed by atoms with E-state index in [4.69, 9.17) is 9.97 Å². The summed E-state index contributed by atoms with van der Waals surface area (Å²) >= 11 is 0. The third kappa shape index (κ3) is 4.22. The topological polar surface area (TPSA) is 101 Å². The summed E-state index contributed by atoms with van der Waals surface area (Å²) < 4.78 is 1.31. The van der Waals surface area contributed by atoms with E-state index in [0.29, 0.717) is 43.5 Å². The minimum Gasteiger partial charge on any atom is -0.331 e. The Kier molecular flexibility index (Phi) is 5.84. The highest BCUT2D eigenvalue weighted by Crippen LogP contribution is 2.34. The van der Waals surface area contributed by atoms with E-state index >= 15 is 0 Å². The number of carbonyl (C=O) groups is 2. The second-order valence-corrected chi connectivity index (χ2v) is 8.64. The van der Waals surface area contributed by atoms with Gasteiger partial charge in [0.15, 0.2) is 5.82 Å². The summed E-state index contributed by atoms with van der Waals surface area (Å²) in [6, 6.07) is 1.37. The van der Waals surface area contributed by atoms with Gasteiger partial charge < -0.3 is 4.90 Å². The second kappa shape index (κ2) is 8.56. The van der Waals surface area contributed by atoms with E-state index in [9.17, 15) is 14.4 Å². The van der Waals surface area contributed by atoms with Crippen molar-refractivity contribution in [1.82, 2.24) is 24.4 Å². The van der Waals surface area contributed by atoms with Crippen LogP contribution in [0.25, 0.3) is 0 Å². The first kappa shape index (κ1) is 21.1. The van der Waals surface area contributed by atoms with E-state index in [1.54, 1.807) is 22.1 Å². The van der Waals surface area contributed by atoms with Crippen LogP contribution in [0.2, 0.25) is 0 Å². The fourth-order valence-electron chi connectivity index (χ4n) is 4.38. The summed E-state index contributed by atoms with van der Waals surface area (Å²) in [4.78, 5) is 54.3. The predicted molar refractivity (Wildman–Crippen MR) is 114 cm³/mol. The van der Waals surface area contributed by atoms with Crippen molar-refractivity contribution in [2.45, 2.75) is 59.0 Å². The standard InChI is InChI=1S/C22H28N6O3/c1-14(2)12-28-18(29)8-7-16-15(3)24-20(25-21(16)28)17-6-4-11-27(17)19(30)13-26-10-5-9-23-22(26)31/h5,9-10,14,17H,4,6-8,11-13H2,1-3H3/t17-/m0/s1. The maximum absolute atomic E-state index is 13.0. The molecule has 2 aliphatic heterocycles. The Labute approximate surface area is 181 Å². The van der Waals surface area contributed by atoms with Crippen LogP contribution >= 0.6 is 0 Å². The summed E-state index contributed by atoms with van der Waals surface area (Å²) in [5, 5.41) is 0. The smallest absolute Gasteiger partial charge is 0.331 e. The molecule has 4 rings (SSSR count). The molecule has 1 atom stereocenters. The van der Waals surface area contributed by atoms with Crippen molar-refractivity contribution in [1.29, 1.82) is 0 Å². The molecule has 164 valence electrons. The highest BCUT2D eigenvalue weighted by molar-refractivity contribution is 5.95. The van der Waals surface area contributed by atoms with Crippen molar-refractivity contribution in [3.63, 3.8) is 0 Å². The molecule has 9 nitrogen and oxygen atoms in total. The van der Waals surface area contributed by atoms with Crippen molar-refractivity contribution in [3.05, 3.63) is 46.0 Å². The van der Waals surface area contributed by atoms with Gasteiger partial charge in [-0.05, 0) is 38.2 Å². The van der Waals surface area contributed by atoms with Crippen LogP contribution in [-0.4, -0.2) is 49.3 Å². The molecule has 4 heterocycles. The zero-order valence-electron chi connectivity index (χ0n) is 18.2. The number of anilines is 1. The van der Waals surface area contributed by atoms with Gasteiger partial charge in [-0.15, -0.1) is 0 Å². The fraction of sp³-hybridized carbons (Fsp3) is 0.545. The van der Waals surface area contributed by atoms with Gasteiger partial charge in [-0.1, -0.05) is 13.8 Å². The number of aryl methyl sites for hydroxylation is 1. The van der Waals surface area contributed by atoms with E-state index in [2.05, 4.69) is 18.8 Å².